The first-order valence-electron chi connectivity index (χ1n) is 7.76. The number of carbonyl (C=O) groups excluding carboxylic acids is 1. The second kappa shape index (κ2) is 6.50. The van der Waals surface area contributed by atoms with Crippen LogP contribution in [0.1, 0.15) is 18.2 Å². The molecule has 7 heteroatoms. The third-order valence-corrected chi connectivity index (χ3v) is 4.75. The van der Waals surface area contributed by atoms with Gasteiger partial charge in [0.25, 0.3) is 0 Å². The van der Waals surface area contributed by atoms with Crippen molar-refractivity contribution in [3.8, 4) is 11.4 Å². The molecule has 0 aliphatic carbocycles. The van der Waals surface area contributed by atoms with E-state index in [0.717, 1.165) is 5.69 Å². The molecule has 1 atom stereocenters. The molecule has 1 saturated heterocycles. The highest BCUT2D eigenvalue weighted by atomic mass is 35.5. The van der Waals surface area contributed by atoms with Crippen LogP contribution in [-0.4, -0.2) is 22.6 Å². The van der Waals surface area contributed by atoms with Crippen LogP contribution in [0, 0.1) is 0 Å². The molecule has 2 aromatic carbocycles. The fourth-order valence-corrected chi connectivity index (χ4v) is 3.24. The lowest BCUT2D eigenvalue weighted by molar-refractivity contribution is -0.117. The molecule has 0 saturated carbocycles. The number of nitrogens with zero attached hydrogens (tertiary/aromatic N) is 3. The second-order valence-corrected chi connectivity index (χ2v) is 6.66. The number of halogens is 2. The number of hydrogen-bond acceptors (Lipinski definition) is 4. The largest absolute Gasteiger partial charge is 0.339 e. The molecule has 0 bridgehead atoms. The van der Waals surface area contributed by atoms with Crippen LogP contribution >= 0.6 is 23.2 Å². The Morgan fingerprint density at radius 1 is 1.08 bits per heavy atom. The van der Waals surface area contributed by atoms with E-state index in [-0.39, 0.29) is 11.8 Å². The Kier molecular flexibility index (Phi) is 4.19. The van der Waals surface area contributed by atoms with E-state index in [2.05, 4.69) is 10.1 Å². The minimum absolute atomic E-state index is 0.0183. The molecule has 1 aliphatic rings. The molecule has 4 rings (SSSR count). The monoisotopic (exact) mass is 373 g/mol. The van der Waals surface area contributed by atoms with Gasteiger partial charge in [0.05, 0.1) is 10.9 Å². The van der Waals surface area contributed by atoms with Gasteiger partial charge in [-0.1, -0.05) is 40.5 Å². The van der Waals surface area contributed by atoms with Gasteiger partial charge < -0.3 is 9.42 Å². The predicted molar refractivity (Wildman–Crippen MR) is 95.9 cm³/mol. The van der Waals surface area contributed by atoms with Crippen LogP contribution in [0.2, 0.25) is 10.0 Å². The van der Waals surface area contributed by atoms with Crippen LogP contribution in [0.15, 0.2) is 53.1 Å². The van der Waals surface area contributed by atoms with Gasteiger partial charge in [0.1, 0.15) is 0 Å². The van der Waals surface area contributed by atoms with Crippen molar-refractivity contribution in [1.82, 2.24) is 10.1 Å². The SMILES string of the molecule is O=C1CC(c2nc(-c3ccccc3Cl)no2)CN1c1ccc(Cl)cc1. The molecular weight excluding hydrogens is 361 g/mol. The number of anilines is 1. The fraction of sp³-hybridized carbons (Fsp3) is 0.167. The van der Waals surface area contributed by atoms with Crippen molar-refractivity contribution >= 4 is 34.8 Å². The molecule has 2 heterocycles. The lowest BCUT2D eigenvalue weighted by Gasteiger charge is -2.15. The zero-order chi connectivity index (χ0) is 17.4. The molecule has 5 nitrogen and oxygen atoms in total. The summed E-state index contributed by atoms with van der Waals surface area (Å²) >= 11 is 12.1. The third kappa shape index (κ3) is 3.13. The van der Waals surface area contributed by atoms with Gasteiger partial charge in [0, 0.05) is 29.2 Å². The van der Waals surface area contributed by atoms with Crippen molar-refractivity contribution in [3.05, 3.63) is 64.5 Å². The smallest absolute Gasteiger partial charge is 0.232 e. The van der Waals surface area contributed by atoms with Gasteiger partial charge in [-0.25, -0.2) is 0 Å². The van der Waals surface area contributed by atoms with Gasteiger partial charge in [-0.3, -0.25) is 4.79 Å². The van der Waals surface area contributed by atoms with Gasteiger partial charge in [0.2, 0.25) is 17.6 Å². The first-order chi connectivity index (χ1) is 12.1. The predicted octanol–water partition coefficient (Wildman–Crippen LogP) is 4.56. The van der Waals surface area contributed by atoms with E-state index < -0.39 is 0 Å². The van der Waals surface area contributed by atoms with E-state index in [1.807, 2.05) is 30.3 Å². The minimum atomic E-state index is -0.146. The van der Waals surface area contributed by atoms with E-state index in [9.17, 15) is 4.79 Å². The summed E-state index contributed by atoms with van der Waals surface area (Å²) in [4.78, 5) is 18.5. The normalized spacial score (nSPS) is 17.3. The lowest BCUT2D eigenvalue weighted by Crippen LogP contribution is -2.24. The Balaban J connectivity index is 1.57. The number of rotatable bonds is 3. The van der Waals surface area contributed by atoms with Crippen LogP contribution in [-0.2, 0) is 4.79 Å². The maximum atomic E-state index is 12.4. The summed E-state index contributed by atoms with van der Waals surface area (Å²) in [5.74, 6) is 0.745. The van der Waals surface area contributed by atoms with Crippen molar-refractivity contribution in [1.29, 1.82) is 0 Å². The molecule has 1 unspecified atom stereocenters. The molecule has 1 amide bonds. The summed E-state index contributed by atoms with van der Waals surface area (Å²) in [6, 6.07) is 14.5. The summed E-state index contributed by atoms with van der Waals surface area (Å²) in [6.07, 6.45) is 0.326. The van der Waals surface area contributed by atoms with Crippen molar-refractivity contribution in [2.75, 3.05) is 11.4 Å². The number of aromatic nitrogens is 2. The molecule has 0 N–H and O–H groups in total. The maximum Gasteiger partial charge on any atom is 0.232 e. The second-order valence-electron chi connectivity index (χ2n) is 5.82. The summed E-state index contributed by atoms with van der Waals surface area (Å²) in [7, 11) is 0. The average Bonchev–Trinajstić information content (AvgIpc) is 3.23. The fourth-order valence-electron chi connectivity index (χ4n) is 2.90. The zero-order valence-electron chi connectivity index (χ0n) is 13.0. The van der Waals surface area contributed by atoms with Crippen molar-refractivity contribution < 1.29 is 9.32 Å². The summed E-state index contributed by atoms with van der Waals surface area (Å²) in [5, 5.41) is 5.20. The third-order valence-electron chi connectivity index (χ3n) is 4.17. The maximum absolute atomic E-state index is 12.4. The lowest BCUT2D eigenvalue weighted by atomic mass is 10.1. The Bertz CT molecular complexity index is 924. The highest BCUT2D eigenvalue weighted by Gasteiger charge is 2.35. The highest BCUT2D eigenvalue weighted by Crippen LogP contribution is 2.33. The average molecular weight is 374 g/mol. The zero-order valence-corrected chi connectivity index (χ0v) is 14.5. The molecule has 1 aromatic heterocycles. The molecule has 1 aliphatic heterocycles. The van der Waals surface area contributed by atoms with E-state index in [4.69, 9.17) is 27.7 Å². The van der Waals surface area contributed by atoms with Crippen LogP contribution in [0.4, 0.5) is 5.69 Å². The molecule has 1 fully saturated rings. The minimum Gasteiger partial charge on any atom is -0.339 e. The van der Waals surface area contributed by atoms with Crippen LogP contribution in [0.25, 0.3) is 11.4 Å². The van der Waals surface area contributed by atoms with Crippen molar-refractivity contribution in [2.24, 2.45) is 0 Å². The standard InChI is InChI=1S/C18H13Cl2N3O2/c19-12-5-7-13(8-6-12)23-10-11(9-16(23)24)18-21-17(22-25-18)14-3-1-2-4-15(14)20/h1-8,11H,9-10H2. The van der Waals surface area contributed by atoms with Crippen LogP contribution in [0.3, 0.4) is 0 Å². The number of carbonyl (C=O) groups is 1. The first-order valence-corrected chi connectivity index (χ1v) is 8.52. The Morgan fingerprint density at radius 2 is 1.84 bits per heavy atom. The van der Waals surface area contributed by atoms with E-state index >= 15 is 0 Å². The Morgan fingerprint density at radius 3 is 2.60 bits per heavy atom. The summed E-state index contributed by atoms with van der Waals surface area (Å²) in [5.41, 5.74) is 1.51. The molecule has 0 spiro atoms. The topological polar surface area (TPSA) is 59.2 Å². The van der Waals surface area contributed by atoms with Crippen molar-refractivity contribution in [2.45, 2.75) is 12.3 Å². The molecule has 3 aromatic rings. The summed E-state index contributed by atoms with van der Waals surface area (Å²) < 4.78 is 5.39. The molecular formula is C18H13Cl2N3O2. The quantitative estimate of drug-likeness (QED) is 0.674. The van der Waals surface area contributed by atoms with Gasteiger partial charge >= 0.3 is 0 Å². The molecule has 0 radical (unpaired) electrons. The van der Waals surface area contributed by atoms with E-state index in [1.165, 1.54) is 0 Å². The highest BCUT2D eigenvalue weighted by molar-refractivity contribution is 6.33. The Labute approximate surface area is 154 Å². The van der Waals surface area contributed by atoms with E-state index in [1.54, 1.807) is 23.1 Å². The molecule has 126 valence electrons. The molecule has 25 heavy (non-hydrogen) atoms. The van der Waals surface area contributed by atoms with Gasteiger partial charge in [-0.15, -0.1) is 0 Å². The van der Waals surface area contributed by atoms with Gasteiger partial charge in [-0.05, 0) is 36.4 Å². The van der Waals surface area contributed by atoms with Crippen LogP contribution < -0.4 is 4.90 Å². The Hall–Kier alpha value is -2.37. The van der Waals surface area contributed by atoms with E-state index in [0.29, 0.717) is 40.3 Å². The first kappa shape index (κ1) is 16.1. The summed E-state index contributed by atoms with van der Waals surface area (Å²) in [6.45, 7) is 0.491. The van der Waals surface area contributed by atoms with Crippen molar-refractivity contribution in [3.63, 3.8) is 0 Å². The number of benzene rings is 2. The van der Waals surface area contributed by atoms with Crippen LogP contribution in [0.5, 0.6) is 0 Å². The number of hydrogen-bond donors (Lipinski definition) is 0. The number of amides is 1. The van der Waals surface area contributed by atoms with Gasteiger partial charge in [0.15, 0.2) is 0 Å². The van der Waals surface area contributed by atoms with Gasteiger partial charge in [-0.2, -0.15) is 4.98 Å².